The zero-order valence-electron chi connectivity index (χ0n) is 6.88. The lowest BCUT2D eigenvalue weighted by atomic mass is 9.65. The molecule has 0 radical (unpaired) electrons. The molecule has 0 amide bonds. The van der Waals surface area contributed by atoms with E-state index >= 15 is 0 Å². The molecule has 3 heteroatoms. The van der Waals surface area contributed by atoms with Crippen molar-refractivity contribution in [2.24, 2.45) is 11.3 Å². The molecule has 0 saturated heterocycles. The van der Waals surface area contributed by atoms with Crippen LogP contribution in [0.4, 0.5) is 0 Å². The lowest BCUT2D eigenvalue weighted by molar-refractivity contribution is -0.161. The summed E-state index contributed by atoms with van der Waals surface area (Å²) in [4.78, 5) is 21.6. The standard InChI is InChI=1S/C9H12O3/c10-7-4-9(5-7,8(11)12)3-6-1-2-6/h6H,1-5H2,(H,11,12). The van der Waals surface area contributed by atoms with Gasteiger partial charge in [0, 0.05) is 12.8 Å². The van der Waals surface area contributed by atoms with Crippen LogP contribution in [0, 0.1) is 11.3 Å². The van der Waals surface area contributed by atoms with Crippen LogP contribution in [0.15, 0.2) is 0 Å². The molecule has 0 bridgehead atoms. The molecule has 2 saturated carbocycles. The molecule has 2 fully saturated rings. The Morgan fingerprint density at radius 2 is 2.08 bits per heavy atom. The number of hydrogen-bond donors (Lipinski definition) is 1. The minimum atomic E-state index is -0.769. The van der Waals surface area contributed by atoms with Crippen molar-refractivity contribution in [3.63, 3.8) is 0 Å². The first kappa shape index (κ1) is 7.77. The smallest absolute Gasteiger partial charge is 0.310 e. The van der Waals surface area contributed by atoms with E-state index in [1.54, 1.807) is 0 Å². The fourth-order valence-corrected chi connectivity index (χ4v) is 1.96. The molecule has 0 atom stereocenters. The number of carbonyl (C=O) groups excluding carboxylic acids is 1. The van der Waals surface area contributed by atoms with Crippen LogP contribution >= 0.6 is 0 Å². The summed E-state index contributed by atoms with van der Waals surface area (Å²) < 4.78 is 0. The summed E-state index contributed by atoms with van der Waals surface area (Å²) in [6, 6.07) is 0. The molecular weight excluding hydrogens is 156 g/mol. The molecule has 66 valence electrons. The van der Waals surface area contributed by atoms with Gasteiger partial charge in [-0.1, -0.05) is 12.8 Å². The van der Waals surface area contributed by atoms with Crippen molar-refractivity contribution in [3.05, 3.63) is 0 Å². The third-order valence-corrected chi connectivity index (χ3v) is 2.90. The van der Waals surface area contributed by atoms with Gasteiger partial charge in [0.15, 0.2) is 0 Å². The molecule has 0 unspecified atom stereocenters. The summed E-state index contributed by atoms with van der Waals surface area (Å²) in [5.74, 6) is -0.0683. The van der Waals surface area contributed by atoms with Gasteiger partial charge >= 0.3 is 5.97 Å². The van der Waals surface area contributed by atoms with Gasteiger partial charge in [0.1, 0.15) is 5.78 Å². The van der Waals surface area contributed by atoms with E-state index in [1.807, 2.05) is 0 Å². The van der Waals surface area contributed by atoms with Gasteiger partial charge in [-0.25, -0.2) is 0 Å². The van der Waals surface area contributed by atoms with Gasteiger partial charge in [-0.2, -0.15) is 0 Å². The van der Waals surface area contributed by atoms with E-state index in [2.05, 4.69) is 0 Å². The highest BCUT2D eigenvalue weighted by atomic mass is 16.4. The third kappa shape index (κ3) is 1.13. The van der Waals surface area contributed by atoms with Gasteiger partial charge in [0.05, 0.1) is 5.41 Å². The van der Waals surface area contributed by atoms with Crippen LogP contribution in [0.1, 0.15) is 32.1 Å². The molecule has 12 heavy (non-hydrogen) atoms. The van der Waals surface area contributed by atoms with Crippen molar-refractivity contribution in [1.82, 2.24) is 0 Å². The summed E-state index contributed by atoms with van der Waals surface area (Å²) >= 11 is 0. The average Bonchev–Trinajstić information content (AvgIpc) is 2.67. The van der Waals surface area contributed by atoms with Gasteiger partial charge in [0.25, 0.3) is 0 Å². The molecule has 2 rings (SSSR count). The Labute approximate surface area is 70.8 Å². The highest BCUT2D eigenvalue weighted by molar-refractivity contribution is 5.96. The molecule has 0 aromatic rings. The zero-order chi connectivity index (χ0) is 8.77. The van der Waals surface area contributed by atoms with E-state index in [0.717, 1.165) is 19.3 Å². The second kappa shape index (κ2) is 2.31. The fraction of sp³-hybridized carbons (Fsp3) is 0.778. The van der Waals surface area contributed by atoms with Crippen molar-refractivity contribution in [2.75, 3.05) is 0 Å². The normalized spacial score (nSPS) is 26.5. The molecule has 0 spiro atoms. The Bertz CT molecular complexity index is 232. The number of carbonyl (C=O) groups is 2. The lowest BCUT2D eigenvalue weighted by Gasteiger charge is -2.36. The lowest BCUT2D eigenvalue weighted by Crippen LogP contribution is -2.44. The van der Waals surface area contributed by atoms with Gasteiger partial charge in [-0.15, -0.1) is 0 Å². The second-order valence-electron chi connectivity index (χ2n) is 4.13. The first-order chi connectivity index (χ1) is 5.62. The predicted octanol–water partition coefficient (Wildman–Crippen LogP) is 1.22. The van der Waals surface area contributed by atoms with Crippen LogP contribution in [0.5, 0.6) is 0 Å². The van der Waals surface area contributed by atoms with Gasteiger partial charge in [0.2, 0.25) is 0 Å². The van der Waals surface area contributed by atoms with Crippen molar-refractivity contribution >= 4 is 11.8 Å². The first-order valence-corrected chi connectivity index (χ1v) is 4.37. The number of rotatable bonds is 3. The van der Waals surface area contributed by atoms with Crippen LogP contribution in [-0.4, -0.2) is 16.9 Å². The molecule has 3 nitrogen and oxygen atoms in total. The number of hydrogen-bond acceptors (Lipinski definition) is 2. The van der Waals surface area contributed by atoms with Crippen molar-refractivity contribution in [1.29, 1.82) is 0 Å². The summed E-state index contributed by atoms with van der Waals surface area (Å²) in [7, 11) is 0. The second-order valence-corrected chi connectivity index (χ2v) is 4.13. The topological polar surface area (TPSA) is 54.4 Å². The average molecular weight is 168 g/mol. The number of Topliss-reactive ketones (excluding diaryl/α,β-unsaturated/α-hetero) is 1. The van der Waals surface area contributed by atoms with Crippen molar-refractivity contribution in [2.45, 2.75) is 32.1 Å². The zero-order valence-corrected chi connectivity index (χ0v) is 6.88. The minimum Gasteiger partial charge on any atom is -0.481 e. The number of aliphatic carboxylic acids is 1. The largest absolute Gasteiger partial charge is 0.481 e. The number of carboxylic acid groups (broad SMARTS) is 1. The van der Waals surface area contributed by atoms with Crippen LogP contribution in [0.25, 0.3) is 0 Å². The SMILES string of the molecule is O=C1CC(CC2CC2)(C(=O)O)C1. The molecule has 0 aromatic heterocycles. The van der Waals surface area contributed by atoms with Crippen molar-refractivity contribution < 1.29 is 14.7 Å². The summed E-state index contributed by atoms with van der Waals surface area (Å²) in [6.07, 6.45) is 3.60. The fourth-order valence-electron chi connectivity index (χ4n) is 1.96. The van der Waals surface area contributed by atoms with E-state index < -0.39 is 11.4 Å². The van der Waals surface area contributed by atoms with E-state index in [1.165, 1.54) is 0 Å². The maximum atomic E-state index is 10.9. The summed E-state index contributed by atoms with van der Waals surface area (Å²) in [5.41, 5.74) is -0.655. The third-order valence-electron chi connectivity index (χ3n) is 2.90. The van der Waals surface area contributed by atoms with Crippen molar-refractivity contribution in [3.8, 4) is 0 Å². The Balaban J connectivity index is 2.01. The first-order valence-electron chi connectivity index (χ1n) is 4.37. The van der Waals surface area contributed by atoms with Gasteiger partial charge in [-0.05, 0) is 12.3 Å². The van der Waals surface area contributed by atoms with E-state index in [9.17, 15) is 9.59 Å². The Kier molecular flexibility index (Phi) is 1.50. The van der Waals surface area contributed by atoms with Gasteiger partial charge in [-0.3, -0.25) is 9.59 Å². The Morgan fingerprint density at radius 1 is 1.50 bits per heavy atom. The maximum Gasteiger partial charge on any atom is 0.310 e. The quantitative estimate of drug-likeness (QED) is 0.689. The Hall–Kier alpha value is -0.860. The van der Waals surface area contributed by atoms with E-state index in [-0.39, 0.29) is 18.6 Å². The monoisotopic (exact) mass is 168 g/mol. The molecule has 2 aliphatic carbocycles. The van der Waals surface area contributed by atoms with Crippen LogP contribution in [0.2, 0.25) is 0 Å². The van der Waals surface area contributed by atoms with Crippen LogP contribution in [0.3, 0.4) is 0 Å². The number of carboxylic acids is 1. The summed E-state index contributed by atoms with van der Waals surface area (Å²) in [5, 5.41) is 8.93. The highest BCUT2D eigenvalue weighted by Gasteiger charge is 2.52. The minimum absolute atomic E-state index is 0.109. The molecular formula is C9H12O3. The molecule has 1 N–H and O–H groups in total. The molecule has 2 aliphatic rings. The van der Waals surface area contributed by atoms with Gasteiger partial charge < -0.3 is 5.11 Å². The maximum absolute atomic E-state index is 10.9. The number of ketones is 1. The van der Waals surface area contributed by atoms with E-state index in [4.69, 9.17) is 5.11 Å². The predicted molar refractivity (Wildman–Crippen MR) is 41.7 cm³/mol. The molecule has 0 aromatic carbocycles. The summed E-state index contributed by atoms with van der Waals surface area (Å²) in [6.45, 7) is 0. The Morgan fingerprint density at radius 3 is 2.42 bits per heavy atom. The highest BCUT2D eigenvalue weighted by Crippen LogP contribution is 2.49. The van der Waals surface area contributed by atoms with Crippen LogP contribution < -0.4 is 0 Å². The molecule has 0 heterocycles. The molecule has 0 aliphatic heterocycles. The van der Waals surface area contributed by atoms with E-state index in [0.29, 0.717) is 5.92 Å². The van der Waals surface area contributed by atoms with Crippen LogP contribution in [-0.2, 0) is 9.59 Å².